The first-order valence-corrected chi connectivity index (χ1v) is 5.71. The van der Waals surface area contributed by atoms with Gasteiger partial charge in [-0.3, -0.25) is 4.40 Å². The molecular formula is C14H11N3O2. The third-order valence-electron chi connectivity index (χ3n) is 2.92. The van der Waals surface area contributed by atoms with Crippen molar-refractivity contribution >= 4 is 17.2 Å². The molecule has 2 heterocycles. The lowest BCUT2D eigenvalue weighted by molar-refractivity contribution is 0.0697. The third kappa shape index (κ3) is 1.91. The van der Waals surface area contributed by atoms with Crippen molar-refractivity contribution in [3.63, 3.8) is 0 Å². The number of carbonyl (C=O) groups is 1. The van der Waals surface area contributed by atoms with Crippen LogP contribution in [-0.4, -0.2) is 20.5 Å². The highest BCUT2D eigenvalue weighted by Crippen LogP contribution is 2.22. The molecule has 0 unspecified atom stereocenters. The van der Waals surface area contributed by atoms with Crippen molar-refractivity contribution in [1.29, 1.82) is 0 Å². The number of hydrogen-bond acceptors (Lipinski definition) is 3. The van der Waals surface area contributed by atoms with Gasteiger partial charge in [0.1, 0.15) is 5.82 Å². The maximum Gasteiger partial charge on any atom is 0.335 e. The Morgan fingerprint density at radius 1 is 1.26 bits per heavy atom. The lowest BCUT2D eigenvalue weighted by Crippen LogP contribution is -1.97. The van der Waals surface area contributed by atoms with Gasteiger partial charge in [-0.2, -0.15) is 0 Å². The summed E-state index contributed by atoms with van der Waals surface area (Å²) in [6.45, 7) is 0. The summed E-state index contributed by atoms with van der Waals surface area (Å²) in [4.78, 5) is 15.3. The molecular weight excluding hydrogens is 242 g/mol. The number of carboxylic acids is 1. The molecule has 0 saturated carbocycles. The smallest absolute Gasteiger partial charge is 0.335 e. The minimum Gasteiger partial charge on any atom is -0.478 e. The van der Waals surface area contributed by atoms with Crippen LogP contribution in [0.2, 0.25) is 0 Å². The molecule has 0 radical (unpaired) electrons. The zero-order chi connectivity index (χ0) is 13.4. The van der Waals surface area contributed by atoms with E-state index in [4.69, 9.17) is 10.8 Å². The Bertz CT molecular complexity index is 777. The van der Waals surface area contributed by atoms with Crippen molar-refractivity contribution in [3.05, 3.63) is 54.4 Å². The summed E-state index contributed by atoms with van der Waals surface area (Å²) in [5.74, 6) is -0.259. The van der Waals surface area contributed by atoms with Gasteiger partial charge in [0.15, 0.2) is 0 Å². The SMILES string of the molecule is Nc1ccn2c(-c3cccc(C(=O)O)c3)ncc2c1. The normalized spacial score (nSPS) is 10.7. The molecule has 0 aliphatic rings. The van der Waals surface area contributed by atoms with Crippen LogP contribution in [0, 0.1) is 0 Å². The largest absolute Gasteiger partial charge is 0.478 e. The Hall–Kier alpha value is -2.82. The molecule has 1 aromatic carbocycles. The Kier molecular flexibility index (Phi) is 2.45. The topological polar surface area (TPSA) is 80.6 Å². The molecule has 0 spiro atoms. The first kappa shape index (κ1) is 11.3. The number of anilines is 1. The minimum atomic E-state index is -0.952. The number of pyridine rings is 1. The summed E-state index contributed by atoms with van der Waals surface area (Å²) >= 11 is 0. The Morgan fingerprint density at radius 3 is 2.89 bits per heavy atom. The molecule has 94 valence electrons. The van der Waals surface area contributed by atoms with E-state index in [2.05, 4.69) is 4.98 Å². The van der Waals surface area contributed by atoms with Crippen LogP contribution >= 0.6 is 0 Å². The van der Waals surface area contributed by atoms with Gasteiger partial charge in [0.25, 0.3) is 0 Å². The number of carboxylic acid groups (broad SMARTS) is 1. The van der Waals surface area contributed by atoms with Crippen molar-refractivity contribution in [3.8, 4) is 11.4 Å². The highest BCUT2D eigenvalue weighted by molar-refractivity contribution is 5.89. The monoisotopic (exact) mass is 253 g/mol. The summed E-state index contributed by atoms with van der Waals surface area (Å²) < 4.78 is 1.87. The summed E-state index contributed by atoms with van der Waals surface area (Å²) in [6, 6.07) is 10.3. The molecule has 0 bridgehead atoms. The molecule has 2 aromatic heterocycles. The predicted octanol–water partition coefficient (Wildman–Crippen LogP) is 2.28. The van der Waals surface area contributed by atoms with Crippen molar-refractivity contribution in [2.45, 2.75) is 0 Å². The van der Waals surface area contributed by atoms with E-state index >= 15 is 0 Å². The number of benzene rings is 1. The Balaban J connectivity index is 2.19. The van der Waals surface area contributed by atoms with Crippen molar-refractivity contribution in [1.82, 2.24) is 9.38 Å². The van der Waals surface area contributed by atoms with Gasteiger partial charge in [-0.15, -0.1) is 0 Å². The van der Waals surface area contributed by atoms with E-state index in [1.54, 1.807) is 30.5 Å². The first-order chi connectivity index (χ1) is 9.15. The van der Waals surface area contributed by atoms with Crippen LogP contribution in [0.25, 0.3) is 16.9 Å². The Morgan fingerprint density at radius 2 is 2.11 bits per heavy atom. The summed E-state index contributed by atoms with van der Waals surface area (Å²) in [5, 5.41) is 9.01. The highest BCUT2D eigenvalue weighted by Gasteiger charge is 2.09. The molecule has 5 heteroatoms. The second-order valence-corrected chi connectivity index (χ2v) is 4.22. The quantitative estimate of drug-likeness (QED) is 0.734. The second kappa shape index (κ2) is 4.13. The highest BCUT2D eigenvalue weighted by atomic mass is 16.4. The van der Waals surface area contributed by atoms with E-state index in [0.29, 0.717) is 11.5 Å². The van der Waals surface area contributed by atoms with Crippen molar-refractivity contribution in [2.24, 2.45) is 0 Å². The molecule has 3 rings (SSSR count). The summed E-state index contributed by atoms with van der Waals surface area (Å²) in [6.07, 6.45) is 3.53. The van der Waals surface area contributed by atoms with Gasteiger partial charge in [0.05, 0.1) is 17.3 Å². The van der Waals surface area contributed by atoms with Crippen LogP contribution in [0.1, 0.15) is 10.4 Å². The van der Waals surface area contributed by atoms with Crippen LogP contribution in [-0.2, 0) is 0 Å². The van der Waals surface area contributed by atoms with Gasteiger partial charge in [0, 0.05) is 17.4 Å². The first-order valence-electron chi connectivity index (χ1n) is 5.71. The fourth-order valence-electron chi connectivity index (χ4n) is 2.02. The number of hydrogen-bond donors (Lipinski definition) is 2. The van der Waals surface area contributed by atoms with E-state index in [9.17, 15) is 4.79 Å². The molecule has 0 amide bonds. The molecule has 0 fully saturated rings. The van der Waals surface area contributed by atoms with Crippen LogP contribution in [0.3, 0.4) is 0 Å². The zero-order valence-corrected chi connectivity index (χ0v) is 9.95. The van der Waals surface area contributed by atoms with Crippen molar-refractivity contribution < 1.29 is 9.90 Å². The number of aromatic carboxylic acids is 1. The fourth-order valence-corrected chi connectivity index (χ4v) is 2.02. The number of fused-ring (bicyclic) bond motifs is 1. The lowest BCUT2D eigenvalue weighted by Gasteiger charge is -2.03. The number of imidazole rings is 1. The molecule has 3 N–H and O–H groups in total. The maximum atomic E-state index is 11.0. The average Bonchev–Trinajstić information content (AvgIpc) is 2.81. The minimum absolute atomic E-state index is 0.240. The summed E-state index contributed by atoms with van der Waals surface area (Å²) in [5.41, 5.74) is 8.25. The van der Waals surface area contributed by atoms with Gasteiger partial charge in [-0.05, 0) is 24.3 Å². The third-order valence-corrected chi connectivity index (χ3v) is 2.92. The molecule has 5 nitrogen and oxygen atoms in total. The molecule has 0 atom stereocenters. The van der Waals surface area contributed by atoms with Crippen LogP contribution < -0.4 is 5.73 Å². The van der Waals surface area contributed by atoms with Gasteiger partial charge in [-0.25, -0.2) is 9.78 Å². The molecule has 3 aromatic rings. The molecule has 0 aliphatic heterocycles. The van der Waals surface area contributed by atoms with E-state index in [1.165, 1.54) is 0 Å². The lowest BCUT2D eigenvalue weighted by atomic mass is 10.1. The number of nitrogen functional groups attached to an aromatic ring is 1. The maximum absolute atomic E-state index is 11.0. The van der Waals surface area contributed by atoms with Gasteiger partial charge >= 0.3 is 5.97 Å². The Labute approximate surface area is 108 Å². The van der Waals surface area contributed by atoms with Gasteiger partial charge in [0.2, 0.25) is 0 Å². The standard InChI is InChI=1S/C14H11N3O2/c15-11-4-5-17-12(7-11)8-16-13(17)9-2-1-3-10(6-9)14(18)19/h1-8H,15H2,(H,18,19). The van der Waals surface area contributed by atoms with E-state index in [0.717, 1.165) is 11.1 Å². The van der Waals surface area contributed by atoms with Gasteiger partial charge < -0.3 is 10.8 Å². The molecule has 0 saturated heterocycles. The van der Waals surface area contributed by atoms with E-state index in [-0.39, 0.29) is 5.56 Å². The number of rotatable bonds is 2. The van der Waals surface area contributed by atoms with Crippen LogP contribution in [0.4, 0.5) is 5.69 Å². The second-order valence-electron chi connectivity index (χ2n) is 4.22. The predicted molar refractivity (Wildman–Crippen MR) is 72.0 cm³/mol. The van der Waals surface area contributed by atoms with E-state index in [1.807, 2.05) is 22.7 Å². The van der Waals surface area contributed by atoms with Crippen LogP contribution in [0.5, 0.6) is 0 Å². The van der Waals surface area contributed by atoms with Crippen molar-refractivity contribution in [2.75, 3.05) is 5.73 Å². The number of aromatic nitrogens is 2. The molecule has 0 aliphatic carbocycles. The van der Waals surface area contributed by atoms with E-state index < -0.39 is 5.97 Å². The number of nitrogens with two attached hydrogens (primary N) is 1. The zero-order valence-electron chi connectivity index (χ0n) is 9.95. The van der Waals surface area contributed by atoms with Crippen LogP contribution in [0.15, 0.2) is 48.8 Å². The van der Waals surface area contributed by atoms with Gasteiger partial charge in [-0.1, -0.05) is 12.1 Å². The number of nitrogens with zero attached hydrogens (tertiary/aromatic N) is 2. The molecule has 19 heavy (non-hydrogen) atoms. The fraction of sp³-hybridized carbons (Fsp3) is 0. The average molecular weight is 253 g/mol. The summed E-state index contributed by atoms with van der Waals surface area (Å²) in [7, 11) is 0.